The maximum atomic E-state index is 13.8. The van der Waals surface area contributed by atoms with Crippen LogP contribution in [0, 0.1) is 6.92 Å². The number of fused-ring (bicyclic) bond motifs is 1. The second-order valence-electron chi connectivity index (χ2n) is 6.75. The first kappa shape index (κ1) is 21.2. The average molecular weight is 449 g/mol. The molecule has 2 N–H and O–H groups in total. The molecule has 0 aliphatic rings. The van der Waals surface area contributed by atoms with Crippen LogP contribution < -0.4 is 21.1 Å². The van der Waals surface area contributed by atoms with Gasteiger partial charge in [0.05, 0.1) is 12.7 Å². The van der Waals surface area contributed by atoms with Crippen molar-refractivity contribution < 1.29 is 26.8 Å². The summed E-state index contributed by atoms with van der Waals surface area (Å²) in [4.78, 5) is 19.5. The SMILES string of the molecule is COc1cc(Nc2ncc(C)c(Nc3ccc4oc(=O)n(F)c4c3)n2)cc(C(F)(F)F)c1. The molecule has 0 aliphatic carbocycles. The van der Waals surface area contributed by atoms with E-state index in [9.17, 15) is 22.4 Å². The number of rotatable bonds is 5. The smallest absolute Gasteiger partial charge is 0.448 e. The summed E-state index contributed by atoms with van der Waals surface area (Å²) < 4.78 is 62.9. The van der Waals surface area contributed by atoms with E-state index in [2.05, 4.69) is 20.6 Å². The van der Waals surface area contributed by atoms with Gasteiger partial charge in [0.25, 0.3) is 0 Å². The zero-order valence-corrected chi connectivity index (χ0v) is 16.6. The molecule has 2 aromatic carbocycles. The zero-order valence-electron chi connectivity index (χ0n) is 16.6. The lowest BCUT2D eigenvalue weighted by molar-refractivity contribution is -0.137. The van der Waals surface area contributed by atoms with Crippen molar-refractivity contribution in [3.8, 4) is 5.75 Å². The molecule has 0 atom stereocenters. The third kappa shape index (κ3) is 4.19. The highest BCUT2D eigenvalue weighted by Gasteiger charge is 2.31. The summed E-state index contributed by atoms with van der Waals surface area (Å²) in [5.74, 6) is -0.792. The third-order valence-electron chi connectivity index (χ3n) is 4.49. The van der Waals surface area contributed by atoms with E-state index in [1.165, 1.54) is 31.5 Å². The molecule has 0 bridgehead atoms. The minimum atomic E-state index is -4.56. The van der Waals surface area contributed by atoms with Gasteiger partial charge in [0.1, 0.15) is 17.1 Å². The van der Waals surface area contributed by atoms with Gasteiger partial charge in [-0.05, 0) is 37.3 Å². The fraction of sp³-hybridized carbons (Fsp3) is 0.150. The van der Waals surface area contributed by atoms with E-state index in [1.54, 1.807) is 13.0 Å². The molecule has 4 rings (SSSR count). The van der Waals surface area contributed by atoms with E-state index in [4.69, 9.17) is 9.15 Å². The monoisotopic (exact) mass is 449 g/mol. The molecule has 4 aromatic rings. The Labute approximate surface area is 177 Å². The van der Waals surface area contributed by atoms with Gasteiger partial charge in [-0.2, -0.15) is 18.2 Å². The maximum Gasteiger partial charge on any atom is 0.448 e. The lowest BCUT2D eigenvalue weighted by Crippen LogP contribution is -2.07. The molecule has 32 heavy (non-hydrogen) atoms. The van der Waals surface area contributed by atoms with Crippen molar-refractivity contribution in [1.29, 1.82) is 0 Å². The summed E-state index contributed by atoms with van der Waals surface area (Å²) in [7, 11) is 1.26. The van der Waals surface area contributed by atoms with Gasteiger partial charge in [0.2, 0.25) is 5.95 Å². The first-order valence-corrected chi connectivity index (χ1v) is 9.10. The standard InChI is InChI=1S/C20H15F4N5O3/c1-10-9-25-18(27-13-5-11(20(21,22)23)6-14(7-13)31-2)28-17(10)26-12-3-4-16-15(8-12)29(24)19(30)32-16/h3-9H,1-2H3,(H2,25,26,27,28). The highest BCUT2D eigenvalue weighted by atomic mass is 19.4. The number of nitrogens with zero attached hydrogens (tertiary/aromatic N) is 3. The lowest BCUT2D eigenvalue weighted by Gasteiger charge is -2.14. The summed E-state index contributed by atoms with van der Waals surface area (Å²) >= 11 is 0. The Bertz CT molecular complexity index is 1360. The number of aromatic nitrogens is 3. The zero-order chi connectivity index (χ0) is 23.0. The lowest BCUT2D eigenvalue weighted by atomic mass is 10.2. The Morgan fingerprint density at radius 2 is 1.88 bits per heavy atom. The van der Waals surface area contributed by atoms with Gasteiger partial charge in [0, 0.05) is 29.2 Å². The van der Waals surface area contributed by atoms with E-state index < -0.39 is 17.5 Å². The van der Waals surface area contributed by atoms with Crippen molar-refractivity contribution in [2.75, 3.05) is 17.7 Å². The van der Waals surface area contributed by atoms with Crippen molar-refractivity contribution in [1.82, 2.24) is 14.8 Å². The Morgan fingerprint density at radius 1 is 1.09 bits per heavy atom. The molecule has 166 valence electrons. The molecule has 0 saturated heterocycles. The number of nitrogens with one attached hydrogen (secondary N) is 2. The normalized spacial score (nSPS) is 11.6. The van der Waals surface area contributed by atoms with E-state index in [0.717, 1.165) is 12.1 Å². The molecule has 0 aliphatic heterocycles. The number of methoxy groups -OCH3 is 1. The number of benzene rings is 2. The number of alkyl halides is 3. The fourth-order valence-electron chi connectivity index (χ4n) is 2.91. The average Bonchev–Trinajstić information content (AvgIpc) is 3.03. The van der Waals surface area contributed by atoms with Crippen LogP contribution in [0.4, 0.5) is 40.8 Å². The van der Waals surface area contributed by atoms with Gasteiger partial charge in [-0.1, -0.05) is 4.48 Å². The molecule has 0 amide bonds. The quantitative estimate of drug-likeness (QED) is 0.417. The number of oxazole rings is 1. The predicted molar refractivity (Wildman–Crippen MR) is 108 cm³/mol. The van der Waals surface area contributed by atoms with Gasteiger partial charge in [-0.15, -0.1) is 4.79 Å². The van der Waals surface area contributed by atoms with Crippen LogP contribution in [0.3, 0.4) is 0 Å². The van der Waals surface area contributed by atoms with Crippen LogP contribution in [0.5, 0.6) is 5.75 Å². The summed E-state index contributed by atoms with van der Waals surface area (Å²) in [5, 5.41) is 5.69. The molecule has 0 saturated carbocycles. The van der Waals surface area contributed by atoms with Crippen LogP contribution in [-0.4, -0.2) is 21.9 Å². The highest BCUT2D eigenvalue weighted by Crippen LogP contribution is 2.35. The molecule has 2 heterocycles. The molecular weight excluding hydrogens is 434 g/mol. The summed E-state index contributed by atoms with van der Waals surface area (Å²) in [6.45, 7) is 1.71. The minimum Gasteiger partial charge on any atom is -0.497 e. The molecule has 2 aromatic heterocycles. The Hall–Kier alpha value is -4.09. The van der Waals surface area contributed by atoms with Gasteiger partial charge < -0.3 is 19.8 Å². The largest absolute Gasteiger partial charge is 0.497 e. The van der Waals surface area contributed by atoms with E-state index in [0.29, 0.717) is 17.1 Å². The van der Waals surface area contributed by atoms with Crippen LogP contribution in [-0.2, 0) is 6.18 Å². The van der Waals surface area contributed by atoms with E-state index >= 15 is 0 Å². The Kier molecular flexibility index (Phi) is 5.20. The highest BCUT2D eigenvalue weighted by molar-refractivity contribution is 5.79. The second-order valence-corrected chi connectivity index (χ2v) is 6.75. The summed E-state index contributed by atoms with van der Waals surface area (Å²) in [6.07, 6.45) is -3.10. The van der Waals surface area contributed by atoms with E-state index in [1.807, 2.05) is 0 Å². The van der Waals surface area contributed by atoms with Gasteiger partial charge >= 0.3 is 11.9 Å². The second kappa shape index (κ2) is 7.87. The summed E-state index contributed by atoms with van der Waals surface area (Å²) in [5.41, 5.74) is 0.202. The number of hydrogen-bond acceptors (Lipinski definition) is 7. The van der Waals surface area contributed by atoms with Crippen molar-refractivity contribution >= 4 is 34.2 Å². The molecule has 0 unspecified atom stereocenters. The molecule has 0 radical (unpaired) electrons. The molecular formula is C20H15F4N5O3. The van der Waals surface area contributed by atoms with Crippen molar-refractivity contribution in [2.24, 2.45) is 0 Å². The fourth-order valence-corrected chi connectivity index (χ4v) is 2.91. The van der Waals surface area contributed by atoms with Crippen LogP contribution in [0.15, 0.2) is 51.8 Å². The van der Waals surface area contributed by atoms with Crippen molar-refractivity contribution in [2.45, 2.75) is 13.1 Å². The maximum absolute atomic E-state index is 13.8. The number of ether oxygens (including phenoxy) is 1. The van der Waals surface area contributed by atoms with Crippen LogP contribution in [0.2, 0.25) is 0 Å². The van der Waals surface area contributed by atoms with Crippen molar-refractivity contribution in [3.63, 3.8) is 0 Å². The van der Waals surface area contributed by atoms with Gasteiger partial charge in [0.15, 0.2) is 5.58 Å². The van der Waals surface area contributed by atoms with Gasteiger partial charge in [-0.3, -0.25) is 0 Å². The minimum absolute atomic E-state index is 0.0125. The predicted octanol–water partition coefficient (Wildman–Crippen LogP) is 4.94. The number of hydrogen-bond donors (Lipinski definition) is 2. The summed E-state index contributed by atoms with van der Waals surface area (Å²) in [6, 6.07) is 7.49. The van der Waals surface area contributed by atoms with Crippen molar-refractivity contribution in [3.05, 3.63) is 64.3 Å². The first-order valence-electron chi connectivity index (χ1n) is 9.10. The topological polar surface area (TPSA) is 94.2 Å². The first-order chi connectivity index (χ1) is 15.1. The van der Waals surface area contributed by atoms with Gasteiger partial charge in [-0.25, -0.2) is 9.78 Å². The van der Waals surface area contributed by atoms with E-state index in [-0.39, 0.29) is 33.3 Å². The molecule has 8 nitrogen and oxygen atoms in total. The third-order valence-corrected chi connectivity index (χ3v) is 4.49. The number of anilines is 4. The molecule has 0 fully saturated rings. The number of aryl methyl sites for hydroxylation is 1. The van der Waals surface area contributed by atoms with Crippen LogP contribution >= 0.6 is 0 Å². The molecule has 0 spiro atoms. The van der Waals surface area contributed by atoms with Crippen LogP contribution in [0.25, 0.3) is 11.1 Å². The Balaban J connectivity index is 1.64. The molecule has 12 heteroatoms. The Morgan fingerprint density at radius 3 is 2.59 bits per heavy atom. The number of halogens is 4. The van der Waals surface area contributed by atoms with Crippen LogP contribution in [0.1, 0.15) is 11.1 Å².